The zero-order chi connectivity index (χ0) is 10.5. The molecule has 0 spiro atoms. The van der Waals surface area contributed by atoms with Gasteiger partial charge in [-0.1, -0.05) is 25.7 Å². The van der Waals surface area contributed by atoms with Gasteiger partial charge in [0.25, 0.3) is 0 Å². The normalized spacial score (nSPS) is 26.9. The van der Waals surface area contributed by atoms with E-state index in [4.69, 9.17) is 0 Å². The minimum absolute atomic E-state index is 0. The molecule has 0 bridgehead atoms. The highest BCUT2D eigenvalue weighted by atomic mass is 35.5. The minimum atomic E-state index is 0. The Morgan fingerprint density at radius 2 is 1.69 bits per heavy atom. The Kier molecular flexibility index (Phi) is 6.14. The van der Waals surface area contributed by atoms with E-state index >= 15 is 0 Å². The van der Waals surface area contributed by atoms with Gasteiger partial charge in [0, 0.05) is 6.04 Å². The molecule has 1 heterocycles. The van der Waals surface area contributed by atoms with Gasteiger partial charge in [0.1, 0.15) is 0 Å². The predicted molar refractivity (Wildman–Crippen MR) is 67.9 cm³/mol. The molecule has 0 aromatic heterocycles. The van der Waals surface area contributed by atoms with Crippen molar-refractivity contribution in [2.24, 2.45) is 0 Å². The summed E-state index contributed by atoms with van der Waals surface area (Å²) in [7, 11) is 0. The molecule has 2 N–H and O–H groups in total. The van der Waals surface area contributed by atoms with Crippen molar-refractivity contribution < 1.29 is 4.79 Å². The summed E-state index contributed by atoms with van der Waals surface area (Å²) in [5.41, 5.74) is 0. The molecule has 1 saturated heterocycles. The molecule has 2 rings (SSSR count). The molecule has 94 valence electrons. The van der Waals surface area contributed by atoms with E-state index in [1.54, 1.807) is 0 Å². The van der Waals surface area contributed by atoms with Crippen LogP contribution in [0.3, 0.4) is 0 Å². The van der Waals surface area contributed by atoms with E-state index in [1.807, 2.05) is 0 Å². The van der Waals surface area contributed by atoms with Gasteiger partial charge in [-0.15, -0.1) is 12.4 Å². The highest BCUT2D eigenvalue weighted by Gasteiger charge is 2.23. The van der Waals surface area contributed by atoms with Crippen LogP contribution in [-0.2, 0) is 4.79 Å². The van der Waals surface area contributed by atoms with E-state index in [2.05, 4.69) is 10.6 Å². The molecule has 1 unspecified atom stereocenters. The maximum absolute atomic E-state index is 11.9. The lowest BCUT2D eigenvalue weighted by atomic mass is 9.95. The third kappa shape index (κ3) is 3.95. The van der Waals surface area contributed by atoms with Crippen LogP contribution < -0.4 is 10.6 Å². The zero-order valence-corrected chi connectivity index (χ0v) is 10.7. The van der Waals surface area contributed by atoms with Crippen molar-refractivity contribution >= 4 is 18.3 Å². The summed E-state index contributed by atoms with van der Waals surface area (Å²) in [6, 6.07) is 0.538. The van der Waals surface area contributed by atoms with Crippen LogP contribution in [0.5, 0.6) is 0 Å². The van der Waals surface area contributed by atoms with Crippen molar-refractivity contribution in [2.45, 2.75) is 63.5 Å². The van der Waals surface area contributed by atoms with Gasteiger partial charge in [0.15, 0.2) is 0 Å². The molecule has 0 radical (unpaired) electrons. The number of hydrogen-bond donors (Lipinski definition) is 2. The molecule has 0 aromatic carbocycles. The molecule has 3 nitrogen and oxygen atoms in total. The standard InChI is InChI=1S/C12H22N2O.ClH/c15-12(11-8-4-5-9-13-11)14-10-6-2-1-3-7-10;/h10-11,13H,1-9H2,(H,14,15);1H. The quantitative estimate of drug-likeness (QED) is 0.783. The molecule has 1 saturated carbocycles. The van der Waals surface area contributed by atoms with E-state index < -0.39 is 0 Å². The van der Waals surface area contributed by atoms with Gasteiger partial charge in [0.2, 0.25) is 5.91 Å². The summed E-state index contributed by atoms with van der Waals surface area (Å²) in [4.78, 5) is 11.9. The molecule has 4 heteroatoms. The van der Waals surface area contributed by atoms with Gasteiger partial charge >= 0.3 is 0 Å². The zero-order valence-electron chi connectivity index (χ0n) is 9.84. The van der Waals surface area contributed by atoms with Crippen LogP contribution >= 0.6 is 12.4 Å². The molecule has 2 fully saturated rings. The Hall–Kier alpha value is -0.280. The Morgan fingerprint density at radius 3 is 2.31 bits per heavy atom. The number of rotatable bonds is 2. The first kappa shape index (κ1) is 13.8. The third-order valence-electron chi connectivity index (χ3n) is 3.58. The minimum Gasteiger partial charge on any atom is -0.352 e. The first-order valence-electron chi connectivity index (χ1n) is 6.40. The third-order valence-corrected chi connectivity index (χ3v) is 3.58. The van der Waals surface area contributed by atoms with Crippen molar-refractivity contribution in [1.29, 1.82) is 0 Å². The van der Waals surface area contributed by atoms with Gasteiger partial charge in [-0.3, -0.25) is 4.79 Å². The fourth-order valence-electron chi connectivity index (χ4n) is 2.62. The number of amides is 1. The Bertz CT molecular complexity index is 211. The fraction of sp³-hybridized carbons (Fsp3) is 0.917. The highest BCUT2D eigenvalue weighted by Crippen LogP contribution is 2.18. The summed E-state index contributed by atoms with van der Waals surface area (Å²) < 4.78 is 0. The second-order valence-corrected chi connectivity index (χ2v) is 4.85. The van der Waals surface area contributed by atoms with Crippen LogP contribution in [0.15, 0.2) is 0 Å². The van der Waals surface area contributed by atoms with Gasteiger partial charge in [-0.05, 0) is 32.2 Å². The van der Waals surface area contributed by atoms with Crippen LogP contribution in [0.1, 0.15) is 51.4 Å². The van der Waals surface area contributed by atoms with Crippen LogP contribution in [0.25, 0.3) is 0 Å². The number of carbonyl (C=O) groups excluding carboxylic acids is 1. The van der Waals surface area contributed by atoms with E-state index in [9.17, 15) is 4.79 Å². The molecule has 0 aromatic rings. The average Bonchev–Trinajstić information content (AvgIpc) is 2.31. The lowest BCUT2D eigenvalue weighted by molar-refractivity contribution is -0.124. The van der Waals surface area contributed by atoms with Crippen LogP contribution in [0.2, 0.25) is 0 Å². The molecule has 2 aliphatic rings. The van der Waals surface area contributed by atoms with Crippen molar-refractivity contribution in [3.05, 3.63) is 0 Å². The number of carbonyl (C=O) groups is 1. The van der Waals surface area contributed by atoms with E-state index in [1.165, 1.54) is 44.9 Å². The Labute approximate surface area is 104 Å². The number of hydrogen-bond acceptors (Lipinski definition) is 2. The lowest BCUT2D eigenvalue weighted by Crippen LogP contribution is -2.49. The second-order valence-electron chi connectivity index (χ2n) is 4.85. The maximum Gasteiger partial charge on any atom is 0.237 e. The van der Waals surface area contributed by atoms with Crippen molar-refractivity contribution in [1.82, 2.24) is 10.6 Å². The van der Waals surface area contributed by atoms with Gasteiger partial charge in [-0.25, -0.2) is 0 Å². The molecule has 1 aliphatic carbocycles. The SMILES string of the molecule is Cl.O=C(NC1CCCCC1)C1CCCCN1. The highest BCUT2D eigenvalue weighted by molar-refractivity contribution is 5.85. The molecule has 1 amide bonds. The van der Waals surface area contributed by atoms with Gasteiger partial charge in [-0.2, -0.15) is 0 Å². The first-order valence-corrected chi connectivity index (χ1v) is 6.40. The molecular formula is C12H23ClN2O. The summed E-state index contributed by atoms with van der Waals surface area (Å²) in [5, 5.41) is 6.48. The van der Waals surface area contributed by atoms with E-state index in [-0.39, 0.29) is 24.4 Å². The van der Waals surface area contributed by atoms with E-state index in [0.717, 1.165) is 13.0 Å². The van der Waals surface area contributed by atoms with Crippen LogP contribution in [0, 0.1) is 0 Å². The fourth-order valence-corrected chi connectivity index (χ4v) is 2.62. The maximum atomic E-state index is 11.9. The van der Waals surface area contributed by atoms with Gasteiger partial charge < -0.3 is 10.6 Å². The smallest absolute Gasteiger partial charge is 0.237 e. The Balaban J connectivity index is 0.00000128. The van der Waals surface area contributed by atoms with Crippen molar-refractivity contribution in [2.75, 3.05) is 6.54 Å². The summed E-state index contributed by atoms with van der Waals surface area (Å²) in [6.45, 7) is 1.00. The summed E-state index contributed by atoms with van der Waals surface area (Å²) in [6.07, 6.45) is 9.68. The number of halogens is 1. The average molecular weight is 247 g/mol. The topological polar surface area (TPSA) is 41.1 Å². The number of nitrogens with one attached hydrogen (secondary N) is 2. The molecule has 1 aliphatic heterocycles. The van der Waals surface area contributed by atoms with Crippen molar-refractivity contribution in [3.63, 3.8) is 0 Å². The largest absolute Gasteiger partial charge is 0.352 e. The molecule has 1 atom stereocenters. The monoisotopic (exact) mass is 246 g/mol. The van der Waals surface area contributed by atoms with E-state index in [0.29, 0.717) is 6.04 Å². The Morgan fingerprint density at radius 1 is 1.00 bits per heavy atom. The van der Waals surface area contributed by atoms with Gasteiger partial charge in [0.05, 0.1) is 6.04 Å². The first-order chi connectivity index (χ1) is 7.36. The summed E-state index contributed by atoms with van der Waals surface area (Å²) in [5.74, 6) is 0.238. The van der Waals surface area contributed by atoms with Crippen molar-refractivity contribution in [3.8, 4) is 0 Å². The lowest BCUT2D eigenvalue weighted by Gasteiger charge is -2.27. The van der Waals surface area contributed by atoms with Crippen LogP contribution in [0.4, 0.5) is 0 Å². The number of piperidine rings is 1. The molecular weight excluding hydrogens is 224 g/mol. The molecule has 16 heavy (non-hydrogen) atoms. The second kappa shape index (κ2) is 7.13. The predicted octanol–water partition coefficient (Wildman–Crippen LogP) is 2.00. The van der Waals surface area contributed by atoms with Crippen LogP contribution in [-0.4, -0.2) is 24.5 Å². The summed E-state index contributed by atoms with van der Waals surface area (Å²) >= 11 is 0.